The zero-order chi connectivity index (χ0) is 15.4. The predicted molar refractivity (Wildman–Crippen MR) is 84.9 cm³/mol. The fourth-order valence-corrected chi connectivity index (χ4v) is 2.30. The molecular formula is C18H15N2O2. The summed E-state index contributed by atoms with van der Waals surface area (Å²) >= 11 is 0. The van der Waals surface area contributed by atoms with Crippen LogP contribution in [0.25, 0.3) is 0 Å². The number of benzene rings is 2. The van der Waals surface area contributed by atoms with Crippen LogP contribution in [0.3, 0.4) is 0 Å². The van der Waals surface area contributed by atoms with Crippen LogP contribution in [-0.2, 0) is 13.1 Å². The lowest BCUT2D eigenvalue weighted by molar-refractivity contribution is 0.608. The van der Waals surface area contributed by atoms with E-state index >= 15 is 0 Å². The molecule has 3 aromatic rings. The molecule has 0 N–H and O–H groups in total. The van der Waals surface area contributed by atoms with Gasteiger partial charge in [-0.25, -0.2) is 4.79 Å². The number of aromatic nitrogens is 2. The molecule has 0 atom stereocenters. The van der Waals surface area contributed by atoms with Gasteiger partial charge in [0.2, 0.25) is 0 Å². The fraction of sp³-hybridized carbons (Fsp3) is 0.111. The van der Waals surface area contributed by atoms with Gasteiger partial charge in [0.05, 0.1) is 19.3 Å². The Kier molecular flexibility index (Phi) is 4.01. The largest absolute Gasteiger partial charge is 0.332 e. The molecule has 0 spiro atoms. The van der Waals surface area contributed by atoms with Crippen LogP contribution in [0.2, 0.25) is 0 Å². The van der Waals surface area contributed by atoms with Gasteiger partial charge >= 0.3 is 5.69 Å². The Labute approximate surface area is 127 Å². The minimum Gasteiger partial charge on any atom is -0.287 e. The van der Waals surface area contributed by atoms with Crippen LogP contribution in [0, 0.1) is 6.20 Å². The van der Waals surface area contributed by atoms with E-state index in [1.807, 2.05) is 60.7 Å². The molecule has 0 amide bonds. The highest BCUT2D eigenvalue weighted by atomic mass is 16.2. The summed E-state index contributed by atoms with van der Waals surface area (Å²) in [6.07, 6.45) is 2.75. The van der Waals surface area contributed by atoms with Crippen LogP contribution >= 0.6 is 0 Å². The minimum absolute atomic E-state index is 0.266. The first-order chi connectivity index (χ1) is 10.7. The van der Waals surface area contributed by atoms with Crippen molar-refractivity contribution in [3.05, 3.63) is 105 Å². The van der Waals surface area contributed by atoms with Gasteiger partial charge in [-0.3, -0.25) is 13.9 Å². The molecule has 4 nitrogen and oxygen atoms in total. The molecule has 0 bridgehead atoms. The third-order valence-corrected chi connectivity index (χ3v) is 3.44. The second kappa shape index (κ2) is 6.26. The zero-order valence-corrected chi connectivity index (χ0v) is 12.0. The van der Waals surface area contributed by atoms with Gasteiger partial charge < -0.3 is 0 Å². The van der Waals surface area contributed by atoms with Gasteiger partial charge in [0, 0.05) is 6.07 Å². The van der Waals surface area contributed by atoms with Crippen molar-refractivity contribution in [3.63, 3.8) is 0 Å². The van der Waals surface area contributed by atoms with Crippen LogP contribution < -0.4 is 11.2 Å². The van der Waals surface area contributed by atoms with Crippen molar-refractivity contribution in [2.45, 2.75) is 13.1 Å². The summed E-state index contributed by atoms with van der Waals surface area (Å²) in [5.74, 6) is 0. The molecule has 0 saturated carbocycles. The predicted octanol–water partition coefficient (Wildman–Crippen LogP) is 1.91. The lowest BCUT2D eigenvalue weighted by Gasteiger charge is -2.09. The van der Waals surface area contributed by atoms with Crippen molar-refractivity contribution in [2.75, 3.05) is 0 Å². The van der Waals surface area contributed by atoms with Gasteiger partial charge in [-0.1, -0.05) is 60.7 Å². The van der Waals surface area contributed by atoms with E-state index < -0.39 is 0 Å². The molecule has 0 fully saturated rings. The minimum atomic E-state index is -0.347. The van der Waals surface area contributed by atoms with Crippen molar-refractivity contribution in [2.24, 2.45) is 0 Å². The number of hydrogen-bond acceptors (Lipinski definition) is 2. The highest BCUT2D eigenvalue weighted by molar-refractivity contribution is 5.16. The summed E-state index contributed by atoms with van der Waals surface area (Å²) in [6, 6.07) is 20.4. The van der Waals surface area contributed by atoms with E-state index in [2.05, 4.69) is 6.20 Å². The van der Waals surface area contributed by atoms with Crippen molar-refractivity contribution >= 4 is 0 Å². The average molecular weight is 291 g/mol. The number of nitrogens with zero attached hydrogens (tertiary/aromatic N) is 2. The lowest BCUT2D eigenvalue weighted by Crippen LogP contribution is -2.39. The molecule has 3 rings (SSSR count). The topological polar surface area (TPSA) is 44.0 Å². The highest BCUT2D eigenvalue weighted by Gasteiger charge is 2.06. The Bertz CT molecular complexity index is 865. The Morgan fingerprint density at radius 2 is 1.32 bits per heavy atom. The van der Waals surface area contributed by atoms with Crippen LogP contribution in [0.5, 0.6) is 0 Å². The van der Waals surface area contributed by atoms with Crippen LogP contribution in [0.4, 0.5) is 0 Å². The van der Waals surface area contributed by atoms with E-state index in [-0.39, 0.29) is 17.8 Å². The standard InChI is InChI=1S/C18H15N2O2/c21-17-11-12-19(13-15-7-3-1-4-8-15)18(22)20(17)14-16-9-5-2-6-10-16/h1-11H,13-14H2. The molecule has 109 valence electrons. The second-order valence-corrected chi connectivity index (χ2v) is 5.04. The molecule has 4 heteroatoms. The summed E-state index contributed by atoms with van der Waals surface area (Å²) in [7, 11) is 0. The maximum Gasteiger partial charge on any atom is 0.332 e. The maximum absolute atomic E-state index is 12.5. The molecule has 0 aliphatic heterocycles. The summed E-state index contributed by atoms with van der Waals surface area (Å²) in [4.78, 5) is 24.5. The van der Waals surface area contributed by atoms with E-state index in [1.165, 1.54) is 15.2 Å². The smallest absolute Gasteiger partial charge is 0.287 e. The SMILES string of the molecule is O=c1c[c]n(Cc2ccccc2)c(=O)n1Cc1ccccc1. The third kappa shape index (κ3) is 3.06. The molecular weight excluding hydrogens is 276 g/mol. The first-order valence-electron chi connectivity index (χ1n) is 7.04. The molecule has 1 radical (unpaired) electrons. The molecule has 0 saturated heterocycles. The fourth-order valence-electron chi connectivity index (χ4n) is 2.30. The van der Waals surface area contributed by atoms with Crippen molar-refractivity contribution in [1.82, 2.24) is 9.13 Å². The Morgan fingerprint density at radius 3 is 1.91 bits per heavy atom. The number of rotatable bonds is 4. The van der Waals surface area contributed by atoms with Gasteiger partial charge in [-0.15, -0.1) is 0 Å². The summed E-state index contributed by atoms with van der Waals surface area (Å²) in [6.45, 7) is 0.663. The van der Waals surface area contributed by atoms with Crippen molar-refractivity contribution in [1.29, 1.82) is 0 Å². The quantitative estimate of drug-likeness (QED) is 0.737. The van der Waals surface area contributed by atoms with E-state index in [0.29, 0.717) is 6.54 Å². The normalized spacial score (nSPS) is 10.5. The van der Waals surface area contributed by atoms with E-state index in [4.69, 9.17) is 0 Å². The first kappa shape index (κ1) is 14.1. The Morgan fingerprint density at radius 1 is 0.773 bits per heavy atom. The molecule has 22 heavy (non-hydrogen) atoms. The van der Waals surface area contributed by atoms with E-state index in [0.717, 1.165) is 11.1 Å². The maximum atomic E-state index is 12.5. The van der Waals surface area contributed by atoms with Gasteiger partial charge in [-0.05, 0) is 11.1 Å². The lowest BCUT2D eigenvalue weighted by atomic mass is 10.2. The zero-order valence-electron chi connectivity index (χ0n) is 12.0. The molecule has 1 heterocycles. The third-order valence-electron chi connectivity index (χ3n) is 3.44. The van der Waals surface area contributed by atoms with Crippen LogP contribution in [-0.4, -0.2) is 9.13 Å². The summed E-state index contributed by atoms with van der Waals surface area (Å²) in [5, 5.41) is 0. The number of hydrogen-bond donors (Lipinski definition) is 0. The van der Waals surface area contributed by atoms with E-state index in [9.17, 15) is 9.59 Å². The van der Waals surface area contributed by atoms with Crippen molar-refractivity contribution in [3.8, 4) is 0 Å². The molecule has 2 aromatic carbocycles. The molecule has 0 unspecified atom stereocenters. The Balaban J connectivity index is 1.96. The van der Waals surface area contributed by atoms with Gasteiger partial charge in [0.15, 0.2) is 0 Å². The summed E-state index contributed by atoms with van der Waals surface area (Å²) in [5.41, 5.74) is 1.23. The van der Waals surface area contributed by atoms with Crippen LogP contribution in [0.15, 0.2) is 76.3 Å². The van der Waals surface area contributed by atoms with Crippen molar-refractivity contribution < 1.29 is 0 Å². The van der Waals surface area contributed by atoms with Gasteiger partial charge in [0.1, 0.15) is 0 Å². The molecule has 0 aliphatic rings. The first-order valence-corrected chi connectivity index (χ1v) is 7.04. The second-order valence-electron chi connectivity index (χ2n) is 5.04. The van der Waals surface area contributed by atoms with Gasteiger partial charge in [0.25, 0.3) is 5.56 Å². The summed E-state index contributed by atoms with van der Waals surface area (Å²) < 4.78 is 2.66. The van der Waals surface area contributed by atoms with E-state index in [1.54, 1.807) is 0 Å². The monoisotopic (exact) mass is 291 g/mol. The highest BCUT2D eigenvalue weighted by Crippen LogP contribution is 2.01. The molecule has 1 aromatic heterocycles. The van der Waals surface area contributed by atoms with Gasteiger partial charge in [-0.2, -0.15) is 0 Å². The van der Waals surface area contributed by atoms with Crippen LogP contribution in [0.1, 0.15) is 11.1 Å². The average Bonchev–Trinajstić information content (AvgIpc) is 2.56. The Hall–Kier alpha value is -2.88. The molecule has 0 aliphatic carbocycles.